The number of rotatable bonds is 5. The Kier molecular flexibility index (Phi) is 6.33. The van der Waals surface area contributed by atoms with E-state index in [-0.39, 0.29) is 11.9 Å². The molecule has 2 aliphatic heterocycles. The maximum absolute atomic E-state index is 12.3. The van der Waals surface area contributed by atoms with Gasteiger partial charge >= 0.3 is 0 Å². The van der Waals surface area contributed by atoms with Crippen LogP contribution in [0.15, 0.2) is 9.72 Å². The van der Waals surface area contributed by atoms with E-state index in [0.29, 0.717) is 17.6 Å². The Morgan fingerprint density at radius 2 is 2.13 bits per heavy atom. The zero-order valence-electron chi connectivity index (χ0n) is 13.5. The zero-order valence-corrected chi connectivity index (χ0v) is 15.1. The van der Waals surface area contributed by atoms with Gasteiger partial charge in [-0.3, -0.25) is 4.79 Å². The maximum atomic E-state index is 12.3. The molecule has 23 heavy (non-hydrogen) atoms. The molecule has 2 atom stereocenters. The molecule has 1 aromatic heterocycles. The maximum Gasteiger partial charge on any atom is 0.230 e. The number of ether oxygens (including phenoxy) is 2. The molecule has 0 bridgehead atoms. The van der Waals surface area contributed by atoms with E-state index in [0.717, 1.165) is 55.7 Å². The fourth-order valence-electron chi connectivity index (χ4n) is 3.32. The number of aryl methyl sites for hydroxylation is 1. The summed E-state index contributed by atoms with van der Waals surface area (Å²) in [5, 5.41) is 5.25. The lowest BCUT2D eigenvalue weighted by molar-refractivity contribution is -0.121. The van der Waals surface area contributed by atoms with Crippen molar-refractivity contribution in [2.75, 3.05) is 32.2 Å². The molecule has 1 N–H and O–H groups in total. The molecule has 3 heterocycles. The average Bonchev–Trinajstić information content (AvgIpc) is 3.00. The van der Waals surface area contributed by atoms with E-state index < -0.39 is 0 Å². The van der Waals surface area contributed by atoms with E-state index in [2.05, 4.69) is 10.3 Å². The van der Waals surface area contributed by atoms with Crippen LogP contribution in [0.4, 0.5) is 0 Å². The lowest BCUT2D eigenvalue weighted by atomic mass is 9.79. The number of hydrogen-bond acceptors (Lipinski definition) is 6. The normalized spacial score (nSPS) is 26.1. The molecule has 0 saturated carbocycles. The summed E-state index contributed by atoms with van der Waals surface area (Å²) in [6.45, 7) is 5.14. The van der Waals surface area contributed by atoms with Crippen molar-refractivity contribution in [1.29, 1.82) is 0 Å². The molecule has 0 unspecified atom stereocenters. The number of amides is 1. The standard InChI is InChI=1S/C16H24N2O3S2/c1-11-9-22-16(17-11)23-10-15(19)18-14-4-7-21-8-13(14)12-2-5-20-6-3-12/h9,12-14H,2-8,10H2,1H3,(H,18,19)/t13-,14-/m0/s1. The van der Waals surface area contributed by atoms with Crippen LogP contribution in [0.3, 0.4) is 0 Å². The third kappa shape index (κ3) is 4.92. The SMILES string of the molecule is Cc1csc(SCC(=O)N[C@H]2CCOC[C@H]2C2CCOCC2)n1. The lowest BCUT2D eigenvalue weighted by Gasteiger charge is -2.39. The van der Waals surface area contributed by atoms with Crippen molar-refractivity contribution in [1.82, 2.24) is 10.3 Å². The van der Waals surface area contributed by atoms with Crippen LogP contribution in [0, 0.1) is 18.8 Å². The molecule has 1 aromatic rings. The highest BCUT2D eigenvalue weighted by molar-refractivity contribution is 8.01. The summed E-state index contributed by atoms with van der Waals surface area (Å²) >= 11 is 3.12. The van der Waals surface area contributed by atoms with Gasteiger partial charge in [0.25, 0.3) is 0 Å². The van der Waals surface area contributed by atoms with Crippen molar-refractivity contribution in [2.45, 2.75) is 36.6 Å². The van der Waals surface area contributed by atoms with E-state index in [1.165, 1.54) is 11.8 Å². The van der Waals surface area contributed by atoms with Crippen molar-refractivity contribution >= 4 is 29.0 Å². The smallest absolute Gasteiger partial charge is 0.230 e. The minimum atomic E-state index is 0.104. The molecular weight excluding hydrogens is 332 g/mol. The second-order valence-electron chi connectivity index (χ2n) is 6.19. The largest absolute Gasteiger partial charge is 0.381 e. The molecular formula is C16H24N2O3S2. The minimum Gasteiger partial charge on any atom is -0.381 e. The Morgan fingerprint density at radius 3 is 2.87 bits per heavy atom. The molecule has 0 aromatic carbocycles. The number of thiazole rings is 1. The van der Waals surface area contributed by atoms with Gasteiger partial charge in [0, 0.05) is 42.9 Å². The molecule has 0 aliphatic carbocycles. The first kappa shape index (κ1) is 17.2. The number of carbonyl (C=O) groups is 1. The predicted molar refractivity (Wildman–Crippen MR) is 92.0 cm³/mol. The summed E-state index contributed by atoms with van der Waals surface area (Å²) in [5.74, 6) is 1.56. The van der Waals surface area contributed by atoms with Crippen LogP contribution >= 0.6 is 23.1 Å². The quantitative estimate of drug-likeness (QED) is 0.822. The average molecular weight is 357 g/mol. The monoisotopic (exact) mass is 356 g/mol. The second kappa shape index (κ2) is 8.46. The van der Waals surface area contributed by atoms with E-state index in [4.69, 9.17) is 9.47 Å². The first-order chi connectivity index (χ1) is 11.2. The molecule has 128 valence electrons. The van der Waals surface area contributed by atoms with Gasteiger partial charge in [0.05, 0.1) is 12.4 Å². The first-order valence-electron chi connectivity index (χ1n) is 8.22. The van der Waals surface area contributed by atoms with Crippen LogP contribution in [0.5, 0.6) is 0 Å². The number of nitrogens with one attached hydrogen (secondary N) is 1. The Morgan fingerprint density at radius 1 is 1.35 bits per heavy atom. The van der Waals surface area contributed by atoms with Crippen LogP contribution in [-0.2, 0) is 14.3 Å². The van der Waals surface area contributed by atoms with Crippen molar-refractivity contribution in [2.24, 2.45) is 11.8 Å². The Hall–Kier alpha value is -0.630. The first-order valence-corrected chi connectivity index (χ1v) is 10.1. The second-order valence-corrected chi connectivity index (χ2v) is 8.28. The van der Waals surface area contributed by atoms with Crippen LogP contribution in [0.2, 0.25) is 0 Å². The van der Waals surface area contributed by atoms with Crippen LogP contribution in [-0.4, -0.2) is 49.1 Å². The zero-order chi connectivity index (χ0) is 16.1. The third-order valence-corrected chi connectivity index (χ3v) is 6.68. The van der Waals surface area contributed by atoms with Gasteiger partial charge in [-0.1, -0.05) is 11.8 Å². The van der Waals surface area contributed by atoms with E-state index in [9.17, 15) is 4.79 Å². The summed E-state index contributed by atoms with van der Waals surface area (Å²) in [6, 6.07) is 0.234. The Labute approximate surface area is 145 Å². The van der Waals surface area contributed by atoms with Gasteiger partial charge in [0.15, 0.2) is 4.34 Å². The number of carbonyl (C=O) groups excluding carboxylic acids is 1. The van der Waals surface area contributed by atoms with E-state index in [1.54, 1.807) is 11.3 Å². The molecule has 7 heteroatoms. The minimum absolute atomic E-state index is 0.104. The fraction of sp³-hybridized carbons (Fsp3) is 0.750. The van der Waals surface area contributed by atoms with Gasteiger partial charge < -0.3 is 14.8 Å². The fourth-order valence-corrected chi connectivity index (χ4v) is 4.98. The number of aromatic nitrogens is 1. The predicted octanol–water partition coefficient (Wildman–Crippen LogP) is 2.49. The summed E-state index contributed by atoms with van der Waals surface area (Å²) < 4.78 is 12.1. The van der Waals surface area contributed by atoms with Gasteiger partial charge in [-0.05, 0) is 32.1 Å². The molecule has 1 amide bonds. The summed E-state index contributed by atoms with van der Waals surface area (Å²) in [5.41, 5.74) is 1.02. The van der Waals surface area contributed by atoms with Crippen molar-refractivity contribution in [3.63, 3.8) is 0 Å². The summed E-state index contributed by atoms with van der Waals surface area (Å²) in [6.07, 6.45) is 3.07. The van der Waals surface area contributed by atoms with Gasteiger partial charge in [-0.2, -0.15) is 0 Å². The lowest BCUT2D eigenvalue weighted by Crippen LogP contribution is -2.49. The Bertz CT molecular complexity index is 517. The van der Waals surface area contributed by atoms with Crippen molar-refractivity contribution < 1.29 is 14.3 Å². The number of nitrogens with zero attached hydrogens (tertiary/aromatic N) is 1. The van der Waals surface area contributed by atoms with Crippen molar-refractivity contribution in [3.05, 3.63) is 11.1 Å². The van der Waals surface area contributed by atoms with Crippen LogP contribution in [0.1, 0.15) is 25.0 Å². The van der Waals surface area contributed by atoms with Crippen LogP contribution < -0.4 is 5.32 Å². The van der Waals surface area contributed by atoms with E-state index >= 15 is 0 Å². The van der Waals surface area contributed by atoms with Gasteiger partial charge in [0.1, 0.15) is 0 Å². The molecule has 2 fully saturated rings. The number of hydrogen-bond donors (Lipinski definition) is 1. The molecule has 2 aliphatic rings. The highest BCUT2D eigenvalue weighted by Crippen LogP contribution is 2.30. The van der Waals surface area contributed by atoms with Crippen LogP contribution in [0.25, 0.3) is 0 Å². The molecule has 2 saturated heterocycles. The summed E-state index contributed by atoms with van der Waals surface area (Å²) in [4.78, 5) is 16.7. The molecule has 0 spiro atoms. The Balaban J connectivity index is 1.50. The molecule has 0 radical (unpaired) electrons. The van der Waals surface area contributed by atoms with Crippen molar-refractivity contribution in [3.8, 4) is 0 Å². The van der Waals surface area contributed by atoms with Gasteiger partial charge in [-0.15, -0.1) is 11.3 Å². The highest BCUT2D eigenvalue weighted by Gasteiger charge is 2.34. The molecule has 5 nitrogen and oxygen atoms in total. The number of thioether (sulfide) groups is 1. The highest BCUT2D eigenvalue weighted by atomic mass is 32.2. The topological polar surface area (TPSA) is 60.5 Å². The third-order valence-electron chi connectivity index (χ3n) is 4.54. The molecule has 3 rings (SSSR count). The van der Waals surface area contributed by atoms with Gasteiger partial charge in [0.2, 0.25) is 5.91 Å². The van der Waals surface area contributed by atoms with Gasteiger partial charge in [-0.25, -0.2) is 4.98 Å². The van der Waals surface area contributed by atoms with E-state index in [1.807, 2.05) is 12.3 Å². The summed E-state index contributed by atoms with van der Waals surface area (Å²) in [7, 11) is 0.